The third-order valence-electron chi connectivity index (χ3n) is 5.91. The second-order valence-corrected chi connectivity index (χ2v) is 7.86. The number of para-hydroxylation sites is 1. The van der Waals surface area contributed by atoms with Crippen molar-refractivity contribution >= 4 is 16.9 Å². The van der Waals surface area contributed by atoms with Gasteiger partial charge in [0.05, 0.1) is 30.9 Å². The predicted molar refractivity (Wildman–Crippen MR) is 118 cm³/mol. The van der Waals surface area contributed by atoms with Crippen LogP contribution in [0.1, 0.15) is 34.9 Å². The summed E-state index contributed by atoms with van der Waals surface area (Å²) in [5.74, 6) is -0.0515. The molecule has 1 atom stereocenters. The molecule has 0 bridgehead atoms. The maximum absolute atomic E-state index is 13.6. The van der Waals surface area contributed by atoms with Crippen LogP contribution in [-0.4, -0.2) is 32.6 Å². The van der Waals surface area contributed by atoms with Crippen molar-refractivity contribution in [3.63, 3.8) is 0 Å². The number of benzene rings is 1. The number of hydrogen-bond acceptors (Lipinski definition) is 6. The van der Waals surface area contributed by atoms with Crippen molar-refractivity contribution in [1.82, 2.24) is 19.5 Å². The normalized spacial score (nSPS) is 14.5. The summed E-state index contributed by atoms with van der Waals surface area (Å²) >= 11 is 0. The summed E-state index contributed by atoms with van der Waals surface area (Å²) in [6, 6.07) is 11.5. The summed E-state index contributed by atoms with van der Waals surface area (Å²) < 4.78 is 12.8. The van der Waals surface area contributed by atoms with Gasteiger partial charge in [0.25, 0.3) is 5.56 Å². The number of fused-ring (bicyclic) bond motifs is 3. The fourth-order valence-electron chi connectivity index (χ4n) is 4.26. The smallest absolute Gasteiger partial charge is 0.306 e. The zero-order valence-corrected chi connectivity index (χ0v) is 17.8. The van der Waals surface area contributed by atoms with Gasteiger partial charge in [-0.25, -0.2) is 9.97 Å². The van der Waals surface area contributed by atoms with Crippen LogP contribution in [0, 0.1) is 6.92 Å². The summed E-state index contributed by atoms with van der Waals surface area (Å²) in [5.41, 5.74) is 3.49. The second-order valence-electron chi connectivity index (χ2n) is 7.86. The molecule has 4 aromatic rings. The standard InChI is InChI=1S/C24H22N4O4/c1-14-9-20-22(24(30)28(14)8-7-16-12-25-13-26-16)17(11-21(29)31-2)18-10-15-5-3-4-6-19(15)27-23(18)32-20/h3-6,9-10,12-13,17H,7-8,11H2,1-2H3,(H,25,26)/t17-/m0/s1. The van der Waals surface area contributed by atoms with E-state index < -0.39 is 11.9 Å². The van der Waals surface area contributed by atoms with E-state index in [0.29, 0.717) is 35.7 Å². The summed E-state index contributed by atoms with van der Waals surface area (Å²) in [6.45, 7) is 2.35. The Labute approximate surface area is 183 Å². The minimum Gasteiger partial charge on any atom is -0.469 e. The number of imidazole rings is 1. The Kier molecular flexibility index (Phi) is 4.97. The van der Waals surface area contributed by atoms with Crippen molar-refractivity contribution in [2.24, 2.45) is 0 Å². The lowest BCUT2D eigenvalue weighted by Gasteiger charge is -2.28. The molecule has 1 N–H and O–H groups in total. The number of nitrogens with zero attached hydrogens (tertiary/aromatic N) is 3. The number of methoxy groups -OCH3 is 1. The van der Waals surface area contributed by atoms with E-state index in [-0.39, 0.29) is 12.0 Å². The molecule has 0 saturated carbocycles. The molecule has 4 heterocycles. The lowest BCUT2D eigenvalue weighted by molar-refractivity contribution is -0.140. The van der Waals surface area contributed by atoms with Crippen LogP contribution < -0.4 is 10.3 Å². The number of ether oxygens (including phenoxy) is 2. The molecule has 5 rings (SSSR count). The van der Waals surface area contributed by atoms with E-state index >= 15 is 0 Å². The monoisotopic (exact) mass is 430 g/mol. The first-order chi connectivity index (χ1) is 15.5. The molecule has 8 nitrogen and oxygen atoms in total. The number of carbonyl (C=O) groups is 1. The van der Waals surface area contributed by atoms with Gasteiger partial charge in [0.15, 0.2) is 0 Å². The van der Waals surface area contributed by atoms with Crippen LogP contribution in [0.2, 0.25) is 0 Å². The fourth-order valence-corrected chi connectivity index (χ4v) is 4.26. The molecule has 3 aromatic heterocycles. The van der Waals surface area contributed by atoms with Crippen molar-refractivity contribution in [2.75, 3.05) is 7.11 Å². The number of aromatic amines is 1. The van der Waals surface area contributed by atoms with Gasteiger partial charge >= 0.3 is 5.97 Å². The van der Waals surface area contributed by atoms with Crippen LogP contribution in [0.4, 0.5) is 0 Å². The lowest BCUT2D eigenvalue weighted by atomic mass is 9.86. The molecule has 0 fully saturated rings. The minimum absolute atomic E-state index is 0.0265. The molecule has 0 spiro atoms. The van der Waals surface area contributed by atoms with Gasteiger partial charge < -0.3 is 19.0 Å². The van der Waals surface area contributed by atoms with Crippen LogP contribution >= 0.6 is 0 Å². The topological polar surface area (TPSA) is 99.1 Å². The van der Waals surface area contributed by atoms with Gasteiger partial charge in [-0.2, -0.15) is 0 Å². The molecular weight excluding hydrogens is 408 g/mol. The number of rotatable bonds is 5. The number of aromatic nitrogens is 4. The van der Waals surface area contributed by atoms with E-state index in [4.69, 9.17) is 9.47 Å². The van der Waals surface area contributed by atoms with Gasteiger partial charge in [-0.1, -0.05) is 18.2 Å². The molecule has 1 aliphatic heterocycles. The Hall–Kier alpha value is -3.94. The first-order valence-electron chi connectivity index (χ1n) is 10.4. The molecule has 0 amide bonds. The van der Waals surface area contributed by atoms with Gasteiger partial charge in [-0.05, 0) is 19.1 Å². The highest BCUT2D eigenvalue weighted by Gasteiger charge is 2.34. The largest absolute Gasteiger partial charge is 0.469 e. The number of hydrogen-bond donors (Lipinski definition) is 1. The molecule has 32 heavy (non-hydrogen) atoms. The second kappa shape index (κ2) is 7.96. The van der Waals surface area contributed by atoms with Crippen molar-refractivity contribution < 1.29 is 14.3 Å². The molecule has 8 heteroatoms. The fraction of sp³-hybridized carbons (Fsp3) is 0.250. The number of H-pyrrole nitrogens is 1. The van der Waals surface area contributed by atoms with E-state index in [2.05, 4.69) is 15.0 Å². The Morgan fingerprint density at radius 3 is 2.91 bits per heavy atom. The quantitative estimate of drug-likeness (QED) is 0.487. The molecule has 0 unspecified atom stereocenters. The van der Waals surface area contributed by atoms with E-state index in [9.17, 15) is 9.59 Å². The van der Waals surface area contributed by atoms with Gasteiger partial charge in [-0.3, -0.25) is 9.59 Å². The molecule has 162 valence electrons. The molecule has 0 aliphatic carbocycles. The van der Waals surface area contributed by atoms with E-state index in [1.807, 2.05) is 43.3 Å². The Bertz CT molecular complexity index is 1380. The zero-order valence-electron chi connectivity index (χ0n) is 17.8. The Balaban J connectivity index is 1.64. The highest BCUT2D eigenvalue weighted by atomic mass is 16.5. The van der Waals surface area contributed by atoms with Gasteiger partial charge in [0.2, 0.25) is 5.88 Å². The molecule has 1 aliphatic rings. The highest BCUT2D eigenvalue weighted by Crippen LogP contribution is 2.44. The number of nitrogens with one attached hydrogen (secondary N) is 1. The van der Waals surface area contributed by atoms with Gasteiger partial charge in [-0.15, -0.1) is 0 Å². The Morgan fingerprint density at radius 2 is 2.12 bits per heavy atom. The first-order valence-corrected chi connectivity index (χ1v) is 10.4. The van der Waals surface area contributed by atoms with Crippen LogP contribution in [0.5, 0.6) is 11.6 Å². The van der Waals surface area contributed by atoms with Crippen molar-refractivity contribution in [3.05, 3.63) is 81.8 Å². The van der Waals surface area contributed by atoms with Crippen molar-refractivity contribution in [3.8, 4) is 11.6 Å². The number of pyridine rings is 2. The van der Waals surface area contributed by atoms with Crippen molar-refractivity contribution in [1.29, 1.82) is 0 Å². The predicted octanol–water partition coefficient (Wildman–Crippen LogP) is 3.47. The van der Waals surface area contributed by atoms with Crippen LogP contribution in [0.15, 0.2) is 53.7 Å². The molecule has 0 radical (unpaired) electrons. The molecular formula is C24H22N4O4. The van der Waals surface area contributed by atoms with Gasteiger partial charge in [0, 0.05) is 53.5 Å². The van der Waals surface area contributed by atoms with Crippen LogP contribution in [0.3, 0.4) is 0 Å². The van der Waals surface area contributed by atoms with E-state index in [1.54, 1.807) is 17.1 Å². The number of carbonyl (C=O) groups excluding carboxylic acids is 1. The van der Waals surface area contributed by atoms with E-state index in [1.165, 1.54) is 7.11 Å². The lowest BCUT2D eigenvalue weighted by Crippen LogP contribution is -2.31. The maximum Gasteiger partial charge on any atom is 0.306 e. The number of esters is 1. The first kappa shape index (κ1) is 20.0. The SMILES string of the molecule is COC(=O)C[C@H]1c2cc3ccccc3nc2Oc2cc(C)n(CCc3cnc[nH]3)c(=O)c21. The third-order valence-corrected chi connectivity index (χ3v) is 5.91. The van der Waals surface area contributed by atoms with E-state index in [0.717, 1.165) is 22.3 Å². The van der Waals surface area contributed by atoms with Crippen molar-refractivity contribution in [2.45, 2.75) is 32.2 Å². The zero-order chi connectivity index (χ0) is 22.2. The summed E-state index contributed by atoms with van der Waals surface area (Å²) in [6.07, 6.45) is 4.02. The Morgan fingerprint density at radius 1 is 1.28 bits per heavy atom. The summed E-state index contributed by atoms with van der Waals surface area (Å²) in [7, 11) is 1.35. The van der Waals surface area contributed by atoms with Gasteiger partial charge in [0.1, 0.15) is 5.75 Å². The average molecular weight is 430 g/mol. The molecule has 1 aromatic carbocycles. The summed E-state index contributed by atoms with van der Waals surface area (Å²) in [4.78, 5) is 37.7. The minimum atomic E-state index is -0.509. The highest BCUT2D eigenvalue weighted by molar-refractivity contribution is 5.81. The van der Waals surface area contributed by atoms with Crippen LogP contribution in [-0.2, 0) is 22.5 Å². The number of aryl methyl sites for hydroxylation is 2. The third kappa shape index (κ3) is 3.43. The average Bonchev–Trinajstić information content (AvgIpc) is 3.31. The summed E-state index contributed by atoms with van der Waals surface area (Å²) in [5, 5.41) is 0.917. The maximum atomic E-state index is 13.6. The molecule has 0 saturated heterocycles. The van der Waals surface area contributed by atoms with Crippen LogP contribution in [0.25, 0.3) is 10.9 Å².